The minimum Gasteiger partial charge on any atom is -0.870 e. The fraction of sp³-hybridized carbons (Fsp3) is 0.500. The van der Waals surface area contributed by atoms with Gasteiger partial charge in [-0.25, -0.2) is 0 Å². The number of carbonyl (C=O) groups is 3. The second-order valence-electron chi connectivity index (χ2n) is 2.42. The van der Waals surface area contributed by atoms with Crippen molar-refractivity contribution in [3.05, 3.63) is 0 Å². The first-order chi connectivity index (χ1) is 5.78. The Kier molecular flexibility index (Phi) is 42.5. The van der Waals surface area contributed by atoms with Crippen LogP contribution in [0.4, 0.5) is 0 Å². The number of aliphatic carboxylic acids is 3. The predicted molar refractivity (Wildman–Crippen MR) is 31.1 cm³/mol. The first kappa shape index (κ1) is 38.4. The molecule has 18 heavy (non-hydrogen) atoms. The van der Waals surface area contributed by atoms with E-state index in [1.165, 1.54) is 0 Å². The summed E-state index contributed by atoms with van der Waals surface area (Å²) in [5, 5.41) is 38.9. The summed E-state index contributed by atoms with van der Waals surface area (Å²) in [5.41, 5.74) is -2.97. The second-order valence-corrected chi connectivity index (χ2v) is 2.42. The summed E-state index contributed by atoms with van der Waals surface area (Å²) in [6.45, 7) is 0. The molecule has 0 atom stereocenters. The van der Waals surface area contributed by atoms with E-state index >= 15 is 0 Å². The van der Waals surface area contributed by atoms with Crippen molar-refractivity contribution in [3.63, 3.8) is 0 Å². The molecular weight excluding hydrogens is 356 g/mol. The molecule has 0 aromatic heterocycles. The van der Waals surface area contributed by atoms with Crippen molar-refractivity contribution in [3.8, 4) is 0 Å². The molecule has 0 rings (SSSR count). The largest absolute Gasteiger partial charge is 1.00 e. The number of carbonyl (C=O) groups excluding carboxylic acids is 3. The number of aliphatic hydroxyl groups is 1. The van der Waals surface area contributed by atoms with Gasteiger partial charge in [0.15, 0.2) is 0 Å². The van der Waals surface area contributed by atoms with Gasteiger partial charge in [0.2, 0.25) is 0 Å². The Morgan fingerprint density at radius 1 is 0.833 bits per heavy atom. The minimum atomic E-state index is -2.97. The number of carboxylic acid groups (broad SMARTS) is 3. The monoisotopic (exact) mass is 362 g/mol. The maximum Gasteiger partial charge on any atom is 1.00 e. The van der Waals surface area contributed by atoms with Crippen LogP contribution in [0.25, 0.3) is 0 Å². The van der Waals surface area contributed by atoms with Gasteiger partial charge >= 0.3 is 206 Å². The number of hydrogen-bond acceptors (Lipinski definition) is 8. The molecule has 82 valence electrons. The van der Waals surface area contributed by atoms with Gasteiger partial charge in [0.05, 0.1) is 5.97 Å². The van der Waals surface area contributed by atoms with Crippen molar-refractivity contribution in [2.24, 2.45) is 0 Å². The molecule has 0 saturated carbocycles. The van der Waals surface area contributed by atoms with Crippen molar-refractivity contribution in [1.29, 1.82) is 0 Å². The van der Waals surface area contributed by atoms with Gasteiger partial charge in [-0.2, -0.15) is 0 Å². The van der Waals surface area contributed by atoms with Crippen LogP contribution in [0.5, 0.6) is 0 Å². The number of rotatable bonds is 5. The van der Waals surface area contributed by atoms with Crippen LogP contribution in [0.2, 0.25) is 0 Å². The number of carboxylic acids is 3. The molecule has 0 aromatic carbocycles. The van der Waals surface area contributed by atoms with Gasteiger partial charge in [-0.1, -0.05) is 0 Å². The second kappa shape index (κ2) is 19.9. The molecule has 0 unspecified atom stereocenters. The molecule has 0 aliphatic rings. The van der Waals surface area contributed by atoms with Crippen molar-refractivity contribution in [2.45, 2.75) is 18.4 Å². The third-order valence-corrected chi connectivity index (χ3v) is 1.25. The van der Waals surface area contributed by atoms with E-state index in [1.807, 2.05) is 0 Å². The summed E-state index contributed by atoms with van der Waals surface area (Å²) in [6, 6.07) is 0. The van der Waals surface area contributed by atoms with E-state index in [0.29, 0.717) is 0 Å². The smallest absolute Gasteiger partial charge is 0.870 e. The van der Waals surface area contributed by atoms with Crippen LogP contribution in [0.15, 0.2) is 0 Å². The van der Waals surface area contributed by atoms with Gasteiger partial charge in [-0.3, -0.25) is 0 Å². The van der Waals surface area contributed by atoms with E-state index < -0.39 is 36.4 Å². The summed E-state index contributed by atoms with van der Waals surface area (Å²) in [4.78, 5) is 30.0. The Hall–Kier alpha value is 4.88. The quantitative estimate of drug-likeness (QED) is 0.470. The average Bonchev–Trinajstić information content (AvgIpc) is 1.82. The summed E-state index contributed by atoms with van der Waals surface area (Å²) in [6.07, 6.45) is -2.72. The molecule has 0 aliphatic carbocycles. The zero-order chi connectivity index (χ0) is 10.6. The Morgan fingerprint density at radius 3 is 1.17 bits per heavy atom. The van der Waals surface area contributed by atoms with Crippen LogP contribution < -0.4 is 221 Å². The molecule has 2 N–H and O–H groups in total. The van der Waals surface area contributed by atoms with Gasteiger partial charge < -0.3 is 40.3 Å². The molecule has 0 spiro atoms. The minimum absolute atomic E-state index is 0. The Morgan fingerprint density at radius 2 is 1.06 bits per heavy atom. The van der Waals surface area contributed by atoms with E-state index in [-0.39, 0.29) is 211 Å². The van der Waals surface area contributed by atoms with Crippen LogP contribution in [0, 0.1) is 0 Å². The molecule has 0 aliphatic heterocycles. The first-order valence-corrected chi connectivity index (χ1v) is 3.11. The average molecular weight is 362 g/mol. The first-order valence-electron chi connectivity index (χ1n) is 3.11. The van der Waals surface area contributed by atoms with Gasteiger partial charge in [-0.15, -0.1) is 0 Å². The normalized spacial score (nSPS) is 7.83. The van der Waals surface area contributed by atoms with Gasteiger partial charge in [0.25, 0.3) is 0 Å². The van der Waals surface area contributed by atoms with E-state index in [9.17, 15) is 29.7 Å². The van der Waals surface area contributed by atoms with Crippen molar-refractivity contribution < 1.29 is 246 Å². The van der Waals surface area contributed by atoms with Crippen LogP contribution in [0.1, 0.15) is 12.8 Å². The Labute approximate surface area is 273 Å². The summed E-state index contributed by atoms with van der Waals surface area (Å²) < 4.78 is 0. The van der Waals surface area contributed by atoms with Gasteiger partial charge in [-0.05, 0) is 0 Å². The summed E-state index contributed by atoms with van der Waals surface area (Å²) in [7, 11) is 0. The summed E-state index contributed by atoms with van der Waals surface area (Å²) in [5.74, 6) is -5.98. The van der Waals surface area contributed by atoms with Gasteiger partial charge in [0.1, 0.15) is 5.60 Å². The molecule has 0 radical (unpaired) electrons. The van der Waals surface area contributed by atoms with E-state index in [0.717, 1.165) is 0 Å². The third-order valence-electron chi connectivity index (χ3n) is 1.25. The molecule has 0 bridgehead atoms. The molecule has 0 saturated heterocycles. The topological polar surface area (TPSA) is 171 Å². The molecule has 0 fully saturated rings. The molecule has 12 heteroatoms. The van der Waals surface area contributed by atoms with Crippen LogP contribution in [0.3, 0.4) is 0 Å². The zero-order valence-electron chi connectivity index (χ0n) is 10.8. The standard InChI is InChI=1S/C6H8O7.4K.H2O/c7-3(8)1-6(13,5(11)12)2-4(9)10;;;;;/h13H,1-2H2,(H,7,8)(H,9,10)(H,11,12);;;;;1H2/q;4*+1;/p-4. The van der Waals surface area contributed by atoms with Crippen molar-refractivity contribution in [2.75, 3.05) is 0 Å². The van der Waals surface area contributed by atoms with Gasteiger partial charge in [0, 0.05) is 24.8 Å². The molecule has 0 amide bonds. The van der Waals surface area contributed by atoms with Crippen LogP contribution in [-0.4, -0.2) is 34.1 Å². The van der Waals surface area contributed by atoms with Crippen LogP contribution >= 0.6 is 0 Å². The van der Waals surface area contributed by atoms with Crippen LogP contribution in [-0.2, 0) is 14.4 Å². The van der Waals surface area contributed by atoms with Crippen molar-refractivity contribution >= 4 is 17.9 Å². The van der Waals surface area contributed by atoms with Crippen molar-refractivity contribution in [1.82, 2.24) is 0 Å². The maximum atomic E-state index is 10.1. The zero-order valence-corrected chi connectivity index (χ0v) is 23.3. The summed E-state index contributed by atoms with van der Waals surface area (Å²) >= 11 is 0. The molecule has 0 aromatic rings. The SMILES string of the molecule is O=C([O-])CC(O)(CC(=O)[O-])C(=O)[O-].[K+].[K+].[K+].[K+].[OH-]. The van der Waals surface area contributed by atoms with E-state index in [2.05, 4.69) is 0 Å². The predicted octanol–water partition coefficient (Wildman–Crippen LogP) is -17.4. The van der Waals surface area contributed by atoms with E-state index in [1.54, 1.807) is 0 Å². The maximum absolute atomic E-state index is 10.1. The fourth-order valence-electron chi connectivity index (χ4n) is 0.684. The fourth-order valence-corrected chi connectivity index (χ4v) is 0.684. The Balaban J connectivity index is -0.0000000720. The Bertz CT molecular complexity index is 242. The van der Waals surface area contributed by atoms with E-state index in [4.69, 9.17) is 5.11 Å². The third kappa shape index (κ3) is 18.9. The molecule has 8 nitrogen and oxygen atoms in total. The molecule has 0 heterocycles. The molecular formula is C6H6K4O8. The number of hydrogen-bond donors (Lipinski definition) is 1.